The van der Waals surface area contributed by atoms with Crippen LogP contribution in [0.2, 0.25) is 0 Å². The third-order valence-corrected chi connectivity index (χ3v) is 3.03. The molecule has 4 nitrogen and oxygen atoms in total. The minimum Gasteiger partial charge on any atom is -0.395 e. The first kappa shape index (κ1) is 12.0. The van der Waals surface area contributed by atoms with E-state index in [1.165, 1.54) is 29.2 Å². The predicted molar refractivity (Wildman–Crippen MR) is 60.1 cm³/mol. The van der Waals surface area contributed by atoms with Gasteiger partial charge in [-0.1, -0.05) is 0 Å². The third-order valence-electron chi connectivity index (χ3n) is 3.03. The van der Waals surface area contributed by atoms with Crippen LogP contribution in [0.1, 0.15) is 0 Å². The van der Waals surface area contributed by atoms with Gasteiger partial charge < -0.3 is 14.7 Å². The first-order valence-corrected chi connectivity index (χ1v) is 5.31. The number of benzene rings is 1. The molecule has 1 amide bonds. The SMILES string of the molecule is CN(C(=O)C1(CO)COC1)c1ccc(F)cc1. The van der Waals surface area contributed by atoms with Crippen LogP contribution in [0.5, 0.6) is 0 Å². The van der Waals surface area contributed by atoms with E-state index in [0.717, 1.165) is 0 Å². The minimum atomic E-state index is -0.830. The van der Waals surface area contributed by atoms with Crippen LogP contribution in [0, 0.1) is 11.2 Å². The van der Waals surface area contributed by atoms with Crippen molar-refractivity contribution in [1.29, 1.82) is 0 Å². The zero-order chi connectivity index (χ0) is 12.5. The predicted octanol–water partition coefficient (Wildman–Crippen LogP) is 0.797. The van der Waals surface area contributed by atoms with Gasteiger partial charge in [0.25, 0.3) is 0 Å². The number of carbonyl (C=O) groups is 1. The third kappa shape index (κ3) is 2.03. The Morgan fingerprint density at radius 2 is 2.06 bits per heavy atom. The molecule has 17 heavy (non-hydrogen) atoms. The Morgan fingerprint density at radius 1 is 1.47 bits per heavy atom. The molecule has 0 aromatic heterocycles. The summed E-state index contributed by atoms with van der Waals surface area (Å²) in [5, 5.41) is 9.26. The summed E-state index contributed by atoms with van der Waals surface area (Å²) in [6.07, 6.45) is 0. The molecule has 1 N–H and O–H groups in total. The molecule has 2 rings (SSSR count). The van der Waals surface area contributed by atoms with Gasteiger partial charge in [-0.25, -0.2) is 4.39 Å². The number of amides is 1. The summed E-state index contributed by atoms with van der Waals surface area (Å²) in [7, 11) is 1.60. The van der Waals surface area contributed by atoms with Crippen molar-refractivity contribution >= 4 is 11.6 Å². The lowest BCUT2D eigenvalue weighted by atomic mass is 9.85. The molecule has 0 radical (unpaired) electrons. The van der Waals surface area contributed by atoms with E-state index in [1.54, 1.807) is 7.05 Å². The summed E-state index contributed by atoms with van der Waals surface area (Å²) in [6.45, 7) is 0.221. The highest BCUT2D eigenvalue weighted by Crippen LogP contribution is 2.30. The first-order chi connectivity index (χ1) is 8.09. The van der Waals surface area contributed by atoms with Gasteiger partial charge in [0.15, 0.2) is 0 Å². The number of ether oxygens (including phenoxy) is 1. The second-order valence-electron chi connectivity index (χ2n) is 4.27. The minimum absolute atomic E-state index is 0.210. The zero-order valence-electron chi connectivity index (χ0n) is 9.52. The van der Waals surface area contributed by atoms with Gasteiger partial charge in [0.05, 0.1) is 19.8 Å². The molecule has 0 atom stereocenters. The molecular formula is C12H14FNO3. The second-order valence-corrected chi connectivity index (χ2v) is 4.27. The molecule has 5 heteroatoms. The molecule has 0 unspecified atom stereocenters. The fraction of sp³-hybridized carbons (Fsp3) is 0.417. The van der Waals surface area contributed by atoms with E-state index in [0.29, 0.717) is 5.69 Å². The molecule has 1 saturated heterocycles. The van der Waals surface area contributed by atoms with Gasteiger partial charge in [-0.3, -0.25) is 4.79 Å². The number of carbonyl (C=O) groups excluding carboxylic acids is 1. The van der Waals surface area contributed by atoms with Crippen LogP contribution in [0.25, 0.3) is 0 Å². The highest BCUT2D eigenvalue weighted by Gasteiger charge is 2.47. The Morgan fingerprint density at radius 3 is 2.47 bits per heavy atom. The van der Waals surface area contributed by atoms with Crippen molar-refractivity contribution in [2.75, 3.05) is 31.8 Å². The van der Waals surface area contributed by atoms with Gasteiger partial charge in [0.1, 0.15) is 11.2 Å². The maximum absolute atomic E-state index is 12.8. The van der Waals surface area contributed by atoms with Gasteiger partial charge in [-0.15, -0.1) is 0 Å². The smallest absolute Gasteiger partial charge is 0.239 e. The van der Waals surface area contributed by atoms with Crippen LogP contribution in [0.15, 0.2) is 24.3 Å². The fourth-order valence-electron chi connectivity index (χ4n) is 1.77. The molecule has 1 aliphatic rings. The Labute approximate surface area is 98.6 Å². The van der Waals surface area contributed by atoms with Crippen LogP contribution in [0.4, 0.5) is 10.1 Å². The van der Waals surface area contributed by atoms with Crippen LogP contribution < -0.4 is 4.90 Å². The number of nitrogens with zero attached hydrogens (tertiary/aromatic N) is 1. The number of anilines is 1. The summed E-state index contributed by atoms with van der Waals surface area (Å²) < 4.78 is 17.8. The molecule has 1 aliphatic heterocycles. The monoisotopic (exact) mass is 239 g/mol. The lowest BCUT2D eigenvalue weighted by Crippen LogP contribution is -2.56. The Balaban J connectivity index is 2.17. The maximum Gasteiger partial charge on any atom is 0.239 e. The van der Waals surface area contributed by atoms with E-state index in [1.807, 2.05) is 0 Å². The molecule has 0 spiro atoms. The van der Waals surface area contributed by atoms with Crippen LogP contribution in [-0.4, -0.2) is 37.9 Å². The standard InChI is InChI=1S/C12H14FNO3/c1-14(10-4-2-9(13)3-5-10)11(16)12(6-15)7-17-8-12/h2-5,15H,6-8H2,1H3. The molecule has 1 aromatic rings. The number of hydrogen-bond acceptors (Lipinski definition) is 3. The normalized spacial score (nSPS) is 17.4. The highest BCUT2D eigenvalue weighted by atomic mass is 19.1. The largest absolute Gasteiger partial charge is 0.395 e. The Kier molecular flexibility index (Phi) is 3.13. The molecule has 92 valence electrons. The van der Waals surface area contributed by atoms with Crippen molar-refractivity contribution in [2.24, 2.45) is 5.41 Å². The highest BCUT2D eigenvalue weighted by molar-refractivity contribution is 5.98. The zero-order valence-corrected chi connectivity index (χ0v) is 9.52. The first-order valence-electron chi connectivity index (χ1n) is 5.31. The average molecular weight is 239 g/mol. The summed E-state index contributed by atoms with van der Waals surface area (Å²) >= 11 is 0. The van der Waals surface area contributed by atoms with Crippen molar-refractivity contribution in [3.63, 3.8) is 0 Å². The number of aliphatic hydroxyl groups is 1. The van der Waals surface area contributed by atoms with E-state index in [-0.39, 0.29) is 31.5 Å². The molecule has 1 heterocycles. The number of halogens is 1. The van der Waals surface area contributed by atoms with Crippen LogP contribution in [-0.2, 0) is 9.53 Å². The second kappa shape index (κ2) is 4.43. The van der Waals surface area contributed by atoms with Crippen molar-refractivity contribution in [2.45, 2.75) is 0 Å². The fourth-order valence-corrected chi connectivity index (χ4v) is 1.77. The van der Waals surface area contributed by atoms with Crippen LogP contribution in [0.3, 0.4) is 0 Å². The van der Waals surface area contributed by atoms with E-state index in [4.69, 9.17) is 4.74 Å². The lowest BCUT2D eigenvalue weighted by Gasteiger charge is -2.40. The molecular weight excluding hydrogens is 225 g/mol. The van der Waals surface area contributed by atoms with E-state index in [2.05, 4.69) is 0 Å². The summed E-state index contributed by atoms with van der Waals surface area (Å²) in [5.74, 6) is -0.559. The van der Waals surface area contributed by atoms with E-state index in [9.17, 15) is 14.3 Å². The van der Waals surface area contributed by atoms with Crippen molar-refractivity contribution in [1.82, 2.24) is 0 Å². The summed E-state index contributed by atoms with van der Waals surface area (Å²) in [4.78, 5) is 13.6. The molecule has 0 saturated carbocycles. The number of rotatable bonds is 3. The molecule has 0 aliphatic carbocycles. The Bertz CT molecular complexity index is 409. The van der Waals surface area contributed by atoms with Gasteiger partial charge in [-0.2, -0.15) is 0 Å². The van der Waals surface area contributed by atoms with Gasteiger partial charge in [-0.05, 0) is 24.3 Å². The van der Waals surface area contributed by atoms with Gasteiger partial charge in [0.2, 0.25) is 5.91 Å². The molecule has 1 aromatic carbocycles. The number of aliphatic hydroxyl groups excluding tert-OH is 1. The van der Waals surface area contributed by atoms with E-state index < -0.39 is 5.41 Å². The summed E-state index contributed by atoms with van der Waals surface area (Å²) in [5.41, 5.74) is -0.237. The average Bonchev–Trinajstić information content (AvgIpc) is 2.28. The van der Waals surface area contributed by atoms with Crippen molar-refractivity contribution in [3.05, 3.63) is 30.1 Å². The van der Waals surface area contributed by atoms with Crippen molar-refractivity contribution in [3.8, 4) is 0 Å². The van der Waals surface area contributed by atoms with Crippen molar-refractivity contribution < 1.29 is 19.0 Å². The van der Waals surface area contributed by atoms with E-state index >= 15 is 0 Å². The maximum atomic E-state index is 12.8. The molecule has 0 bridgehead atoms. The van der Waals surface area contributed by atoms with Gasteiger partial charge >= 0.3 is 0 Å². The topological polar surface area (TPSA) is 49.8 Å². The summed E-state index contributed by atoms with van der Waals surface area (Å²) in [6, 6.07) is 5.64. The number of hydrogen-bond donors (Lipinski definition) is 1. The van der Waals surface area contributed by atoms with Gasteiger partial charge in [0, 0.05) is 12.7 Å². The van der Waals surface area contributed by atoms with Crippen LogP contribution >= 0.6 is 0 Å². The lowest BCUT2D eigenvalue weighted by molar-refractivity contribution is -0.166. The Hall–Kier alpha value is -1.46. The quantitative estimate of drug-likeness (QED) is 0.848. The molecule has 1 fully saturated rings.